The molecule has 2 atom stereocenters. The Hall–Kier alpha value is -2.39. The maximum Gasteiger partial charge on any atom is 0.480 e. The van der Waals surface area contributed by atoms with E-state index in [0.717, 1.165) is 17.3 Å². The van der Waals surface area contributed by atoms with Gasteiger partial charge in [0.2, 0.25) is 12.1 Å². The Labute approximate surface area is 290 Å². The number of aliphatic imine (C=N–C) groups is 2. The van der Waals surface area contributed by atoms with Crippen LogP contribution in [0.25, 0.3) is 0 Å². The van der Waals surface area contributed by atoms with Gasteiger partial charge in [0.05, 0.1) is 11.9 Å². The van der Waals surface area contributed by atoms with Crippen molar-refractivity contribution in [1.29, 1.82) is 0 Å². The smallest absolute Gasteiger partial charge is 0.408 e. The molecule has 2 heterocycles. The van der Waals surface area contributed by atoms with E-state index in [1.807, 2.05) is 44.2 Å². The fraction of sp³-hybridized carbons (Fsp3) is 0.567. The molecule has 5 N–H and O–H groups in total. The van der Waals surface area contributed by atoms with Gasteiger partial charge in [-0.3, -0.25) is 28.4 Å². The zero-order valence-electron chi connectivity index (χ0n) is 27.5. The molecule has 1 saturated heterocycles. The quantitative estimate of drug-likeness (QED) is 0.0631. The Bertz CT molecular complexity index is 1420. The number of ketones is 1. The average molecular weight is 742 g/mol. The van der Waals surface area contributed by atoms with Crippen molar-refractivity contribution in [2.24, 2.45) is 21.8 Å². The van der Waals surface area contributed by atoms with E-state index in [2.05, 4.69) is 26.4 Å². The summed E-state index contributed by atoms with van der Waals surface area (Å²) in [5.41, 5.74) is 1.05. The number of carbonyl (C=O) groups is 3. The summed E-state index contributed by atoms with van der Waals surface area (Å²) in [5, 5.41) is 0.0531. The van der Waals surface area contributed by atoms with Crippen molar-refractivity contribution >= 4 is 62.8 Å². The summed E-state index contributed by atoms with van der Waals surface area (Å²) in [5.74, 6) is -1.29. The lowest BCUT2D eigenvalue weighted by molar-refractivity contribution is -0.128. The van der Waals surface area contributed by atoms with Crippen LogP contribution in [-0.4, -0.2) is 110 Å². The number of rotatable bonds is 18. The molecule has 3 rings (SSSR count). The molecule has 268 valence electrons. The van der Waals surface area contributed by atoms with Crippen molar-refractivity contribution in [3.63, 3.8) is 0 Å². The molecule has 15 nitrogen and oxygen atoms in total. The minimum atomic E-state index is -5.16. The van der Waals surface area contributed by atoms with Gasteiger partial charge in [-0.05, 0) is 37.3 Å². The third kappa shape index (κ3) is 14.8. The third-order valence-electron chi connectivity index (χ3n) is 7.70. The Morgan fingerprint density at radius 3 is 2.27 bits per heavy atom. The first-order valence-corrected chi connectivity index (χ1v) is 20.3. The van der Waals surface area contributed by atoms with E-state index in [9.17, 15) is 43.1 Å². The van der Waals surface area contributed by atoms with Gasteiger partial charge in [-0.25, -0.2) is 4.99 Å². The molecule has 2 aliphatic heterocycles. The van der Waals surface area contributed by atoms with E-state index in [1.54, 1.807) is 0 Å². The van der Waals surface area contributed by atoms with Gasteiger partial charge in [0, 0.05) is 49.9 Å². The molecule has 0 aliphatic carbocycles. The Morgan fingerprint density at radius 2 is 1.69 bits per heavy atom. The number of amides is 1. The first-order valence-electron chi connectivity index (χ1n) is 15.9. The van der Waals surface area contributed by atoms with E-state index in [1.165, 1.54) is 12.4 Å². The summed E-state index contributed by atoms with van der Waals surface area (Å²) in [6.07, 6.45) is 5.71. The summed E-state index contributed by atoms with van der Waals surface area (Å²) in [7, 11) is -11.0. The van der Waals surface area contributed by atoms with Crippen LogP contribution in [-0.2, 0) is 39.2 Å². The van der Waals surface area contributed by atoms with Crippen molar-refractivity contribution in [1.82, 2.24) is 10.2 Å². The number of thioether (sulfide) groups is 1. The monoisotopic (exact) mass is 741 g/mol. The lowest BCUT2D eigenvalue weighted by atomic mass is 9.73. The van der Waals surface area contributed by atoms with Gasteiger partial charge in [0.1, 0.15) is 6.21 Å². The van der Waals surface area contributed by atoms with Gasteiger partial charge in [-0.1, -0.05) is 55.9 Å². The number of nitrogens with one attached hydrogen (secondary N) is 1. The normalized spacial score (nSPS) is 17.2. The van der Waals surface area contributed by atoms with Crippen LogP contribution in [0.4, 0.5) is 0 Å². The van der Waals surface area contributed by atoms with Gasteiger partial charge in [-0.2, -0.15) is 0 Å². The molecule has 0 radical (unpaired) electrons. The Morgan fingerprint density at radius 1 is 1.04 bits per heavy atom. The molecule has 1 amide bonds. The summed E-state index contributed by atoms with van der Waals surface area (Å²) in [6.45, 7) is 6.29. The molecule has 0 aromatic heterocycles. The lowest BCUT2D eigenvalue weighted by Crippen LogP contribution is -2.54. The van der Waals surface area contributed by atoms with Crippen molar-refractivity contribution in [3.8, 4) is 0 Å². The van der Waals surface area contributed by atoms with Crippen molar-refractivity contribution in [2.45, 2.75) is 57.3 Å². The van der Waals surface area contributed by atoms with Gasteiger partial charge in [-0.15, -0.1) is 0 Å². The topological polar surface area (TPSA) is 225 Å². The predicted octanol–water partition coefficient (Wildman–Crippen LogP) is 2.23. The molecule has 0 unspecified atom stereocenters. The maximum absolute atomic E-state index is 13.8. The Kier molecular flexibility index (Phi) is 16.6. The summed E-state index contributed by atoms with van der Waals surface area (Å²) in [4.78, 5) is 85.9. The van der Waals surface area contributed by atoms with Crippen molar-refractivity contribution in [2.75, 3.05) is 38.6 Å². The van der Waals surface area contributed by atoms with E-state index < -0.39 is 51.1 Å². The fourth-order valence-electron chi connectivity index (χ4n) is 5.26. The van der Waals surface area contributed by atoms with Crippen molar-refractivity contribution in [3.05, 3.63) is 48.3 Å². The average Bonchev–Trinajstić information content (AvgIpc) is 3.01. The summed E-state index contributed by atoms with van der Waals surface area (Å²) in [6, 6.07) is 9.45. The van der Waals surface area contributed by atoms with Crippen LogP contribution in [0.3, 0.4) is 0 Å². The number of hydrogen-bond donors (Lipinski definition) is 5. The second-order valence-corrected chi connectivity index (χ2v) is 17.3. The highest BCUT2D eigenvalue weighted by Gasteiger charge is 2.44. The molecule has 1 aromatic rings. The largest absolute Gasteiger partial charge is 0.480 e. The van der Waals surface area contributed by atoms with Crippen LogP contribution in [0.1, 0.15) is 45.1 Å². The highest BCUT2D eigenvalue weighted by molar-refractivity contribution is 8.13. The minimum Gasteiger partial charge on any atom is -0.408 e. The second-order valence-electron chi connectivity index (χ2n) is 12.2. The maximum atomic E-state index is 13.8. The number of hydrogen-bond acceptors (Lipinski definition) is 11. The SMILES string of the molecule is CC(C)C[C@H](NC(=O)[C@H](CC(=O)C1=N[C+]=CN=C1)Cc1ccccc1)B1OCCN(CCCSC(=O)CC(P(=O)(O)O)P(=O)(O)O)CCO1. The second kappa shape index (κ2) is 19.9. The van der Waals surface area contributed by atoms with Gasteiger partial charge >= 0.3 is 22.3 Å². The minimum absolute atomic E-state index is 0.0686. The lowest BCUT2D eigenvalue weighted by Gasteiger charge is -2.32. The number of Topliss-reactive ketones (excluding diaryl/α,β-unsaturated/α-hetero) is 1. The summed E-state index contributed by atoms with van der Waals surface area (Å²) < 4.78 is 35.1. The van der Waals surface area contributed by atoms with Gasteiger partial charge < -0.3 is 34.2 Å². The first-order chi connectivity index (χ1) is 23.1. The molecular weight excluding hydrogens is 697 g/mol. The van der Waals surface area contributed by atoms with E-state index >= 15 is 0 Å². The van der Waals surface area contributed by atoms with Gasteiger partial charge in [0.15, 0.2) is 16.7 Å². The van der Waals surface area contributed by atoms with Crippen molar-refractivity contribution < 1.29 is 52.4 Å². The van der Waals surface area contributed by atoms with E-state index in [-0.39, 0.29) is 29.7 Å². The molecule has 19 heteroatoms. The van der Waals surface area contributed by atoms with Crippen LogP contribution >= 0.6 is 27.0 Å². The fourth-order valence-corrected chi connectivity index (χ4v) is 8.67. The molecule has 0 bridgehead atoms. The molecule has 1 aromatic carbocycles. The predicted molar refractivity (Wildman–Crippen MR) is 187 cm³/mol. The molecule has 0 spiro atoms. The van der Waals surface area contributed by atoms with Crippen LogP contribution in [0, 0.1) is 18.0 Å². The Balaban J connectivity index is 1.54. The molecule has 0 saturated carbocycles. The van der Waals surface area contributed by atoms with E-state index in [0.29, 0.717) is 57.9 Å². The third-order valence-corrected chi connectivity index (χ3v) is 12.4. The van der Waals surface area contributed by atoms with Gasteiger partial charge in [0.25, 0.3) is 11.5 Å². The summed E-state index contributed by atoms with van der Waals surface area (Å²) >= 11 is 0.771. The molecule has 1 fully saturated rings. The standard InChI is InChI=1S/C30H43BN4O11P2S/c1-22(2)17-27(34-30(38)24(18-23-7-4-3-5-8-23)19-26(36)25-21-32-9-10-33-25)31-45-14-12-35(13-15-46-31)11-6-16-49-28(37)20-29(47(39,40)41)48(42,43)44/h3-5,7-9,21-22,24,27,29H,6,11-20H2,1-2H3,(H4-,34,38,39,40,41,42,43,44)/p+1/t24-,27-/m0/s1. The zero-order valence-corrected chi connectivity index (χ0v) is 30.1. The first kappa shape index (κ1) is 41.0. The number of nitrogens with zero attached hydrogens (tertiary/aromatic N) is 3. The molecular formula is C30H44BN4O11P2S+. The molecule has 2 aliphatic rings. The highest BCUT2D eigenvalue weighted by Crippen LogP contribution is 2.61. The number of benzene rings is 1. The van der Waals surface area contributed by atoms with Crippen LogP contribution in [0.5, 0.6) is 0 Å². The number of carbonyl (C=O) groups excluding carboxylic acids is 3. The zero-order chi connectivity index (χ0) is 36.0. The van der Waals surface area contributed by atoms with Crippen LogP contribution < -0.4 is 5.32 Å². The van der Waals surface area contributed by atoms with Crippen LogP contribution in [0.2, 0.25) is 0 Å². The van der Waals surface area contributed by atoms with E-state index in [4.69, 9.17) is 9.31 Å². The highest BCUT2D eigenvalue weighted by atomic mass is 32.2. The molecule has 49 heavy (non-hydrogen) atoms. The van der Waals surface area contributed by atoms with Crippen LogP contribution in [0.15, 0.2) is 46.5 Å².